The first-order valence-electron chi connectivity index (χ1n) is 5.95. The second-order valence-electron chi connectivity index (χ2n) is 4.70. The van der Waals surface area contributed by atoms with E-state index in [2.05, 4.69) is 5.32 Å². The molecule has 0 aliphatic rings. The number of hydrogen-bond donors (Lipinski definition) is 1. The van der Waals surface area contributed by atoms with Crippen LogP contribution in [0.1, 0.15) is 17.3 Å². The number of sulfone groups is 1. The predicted molar refractivity (Wildman–Crippen MR) is 75.2 cm³/mol. The molecule has 0 heterocycles. The first-order chi connectivity index (χ1) is 9.14. The van der Waals surface area contributed by atoms with Gasteiger partial charge in [-0.3, -0.25) is 9.59 Å². The van der Waals surface area contributed by atoms with Crippen molar-refractivity contribution in [2.24, 2.45) is 0 Å². The molecule has 20 heavy (non-hydrogen) atoms. The molecule has 0 bridgehead atoms. The van der Waals surface area contributed by atoms with E-state index in [0.29, 0.717) is 0 Å². The normalized spacial score (nSPS) is 12.6. The van der Waals surface area contributed by atoms with Crippen LogP contribution in [0.4, 0.5) is 0 Å². The van der Waals surface area contributed by atoms with Gasteiger partial charge in [0.15, 0.2) is 9.84 Å². The van der Waals surface area contributed by atoms with Crippen LogP contribution in [0.15, 0.2) is 29.2 Å². The first kappa shape index (κ1) is 16.2. The average molecular weight is 298 g/mol. The number of amides is 2. The monoisotopic (exact) mass is 298 g/mol. The van der Waals surface area contributed by atoms with Crippen LogP contribution in [0.2, 0.25) is 0 Å². The van der Waals surface area contributed by atoms with Gasteiger partial charge in [0.25, 0.3) is 5.91 Å². The number of likely N-dealkylation sites (N-methyl/N-ethyl adjacent to an activating group) is 1. The van der Waals surface area contributed by atoms with E-state index in [4.69, 9.17) is 0 Å². The van der Waals surface area contributed by atoms with Crippen molar-refractivity contribution in [2.45, 2.75) is 17.9 Å². The van der Waals surface area contributed by atoms with Gasteiger partial charge in [0.05, 0.1) is 10.5 Å². The molecule has 7 heteroatoms. The lowest BCUT2D eigenvalue weighted by molar-refractivity contribution is -0.130. The van der Waals surface area contributed by atoms with Crippen LogP contribution in [0, 0.1) is 0 Å². The summed E-state index contributed by atoms with van der Waals surface area (Å²) in [5.74, 6) is -0.857. The number of carbonyl (C=O) groups is 2. The van der Waals surface area contributed by atoms with Crippen molar-refractivity contribution in [3.05, 3.63) is 29.8 Å². The van der Waals surface area contributed by atoms with Crippen molar-refractivity contribution in [2.75, 3.05) is 20.4 Å². The van der Waals surface area contributed by atoms with Gasteiger partial charge in [0, 0.05) is 20.4 Å². The minimum Gasteiger partial charge on any atom is -0.347 e. The topological polar surface area (TPSA) is 83.5 Å². The predicted octanol–water partition coefficient (Wildman–Crippen LogP) is 0.297. The molecular formula is C13H18N2O4S. The van der Waals surface area contributed by atoms with Crippen LogP contribution in [-0.4, -0.2) is 51.5 Å². The maximum absolute atomic E-state index is 12.1. The lowest BCUT2D eigenvalue weighted by Crippen LogP contribution is -2.44. The smallest absolute Gasteiger partial charge is 0.253 e. The molecule has 1 rings (SSSR count). The van der Waals surface area contributed by atoms with Crippen molar-refractivity contribution in [1.29, 1.82) is 0 Å². The molecular weight excluding hydrogens is 280 g/mol. The lowest BCUT2D eigenvalue weighted by Gasteiger charge is -2.18. The van der Waals surface area contributed by atoms with E-state index in [1.54, 1.807) is 33.2 Å². The summed E-state index contributed by atoms with van der Waals surface area (Å²) in [6.45, 7) is 1.54. The molecule has 1 unspecified atom stereocenters. The molecule has 2 amide bonds. The molecule has 110 valence electrons. The van der Waals surface area contributed by atoms with Gasteiger partial charge in [-0.1, -0.05) is 12.1 Å². The molecule has 0 aliphatic carbocycles. The third kappa shape index (κ3) is 3.80. The van der Waals surface area contributed by atoms with E-state index in [9.17, 15) is 18.0 Å². The molecule has 0 radical (unpaired) electrons. The number of carbonyl (C=O) groups excluding carboxylic acids is 2. The van der Waals surface area contributed by atoms with Crippen LogP contribution in [-0.2, 0) is 14.6 Å². The third-order valence-electron chi connectivity index (χ3n) is 2.69. The Morgan fingerprint density at radius 2 is 1.75 bits per heavy atom. The molecule has 1 N–H and O–H groups in total. The van der Waals surface area contributed by atoms with Gasteiger partial charge in [-0.15, -0.1) is 0 Å². The highest BCUT2D eigenvalue weighted by atomic mass is 32.2. The van der Waals surface area contributed by atoms with Gasteiger partial charge in [-0.2, -0.15) is 0 Å². The van der Waals surface area contributed by atoms with Crippen molar-refractivity contribution >= 4 is 21.7 Å². The van der Waals surface area contributed by atoms with E-state index >= 15 is 0 Å². The molecule has 0 saturated heterocycles. The van der Waals surface area contributed by atoms with Gasteiger partial charge in [0.2, 0.25) is 5.91 Å². The fourth-order valence-corrected chi connectivity index (χ4v) is 2.59. The Hall–Kier alpha value is -1.89. The zero-order valence-corrected chi connectivity index (χ0v) is 12.7. The zero-order valence-electron chi connectivity index (χ0n) is 11.9. The quantitative estimate of drug-likeness (QED) is 0.866. The van der Waals surface area contributed by atoms with Gasteiger partial charge >= 0.3 is 0 Å². The van der Waals surface area contributed by atoms with E-state index in [0.717, 1.165) is 6.26 Å². The van der Waals surface area contributed by atoms with E-state index < -0.39 is 21.8 Å². The van der Waals surface area contributed by atoms with Crippen LogP contribution in [0.25, 0.3) is 0 Å². The standard InChI is InChI=1S/C13H18N2O4S/c1-9(13(17)15(2)3)14-12(16)10-7-5-6-8-11(10)20(4,18)19/h5-9H,1-4H3,(H,14,16). The SMILES string of the molecule is CC(NC(=O)c1ccccc1S(C)(=O)=O)C(=O)N(C)C. The molecule has 0 spiro atoms. The Balaban J connectivity index is 3.03. The molecule has 0 aromatic heterocycles. The molecule has 0 fully saturated rings. The number of rotatable bonds is 4. The number of nitrogens with one attached hydrogen (secondary N) is 1. The molecule has 1 aromatic carbocycles. The Labute approximate surface area is 118 Å². The Morgan fingerprint density at radius 3 is 2.25 bits per heavy atom. The summed E-state index contributed by atoms with van der Waals surface area (Å²) in [4.78, 5) is 25.1. The lowest BCUT2D eigenvalue weighted by atomic mass is 10.2. The highest BCUT2D eigenvalue weighted by Gasteiger charge is 2.22. The van der Waals surface area contributed by atoms with Crippen molar-refractivity contribution in [3.8, 4) is 0 Å². The molecule has 0 saturated carbocycles. The summed E-state index contributed by atoms with van der Waals surface area (Å²) >= 11 is 0. The summed E-state index contributed by atoms with van der Waals surface area (Å²) in [7, 11) is -0.349. The number of nitrogens with zero attached hydrogens (tertiary/aromatic N) is 1. The second kappa shape index (κ2) is 6.04. The first-order valence-corrected chi connectivity index (χ1v) is 7.85. The van der Waals surface area contributed by atoms with Gasteiger partial charge < -0.3 is 10.2 Å². The Kier molecular flexibility index (Phi) is 4.88. The van der Waals surface area contributed by atoms with E-state index in [-0.39, 0.29) is 16.4 Å². The molecule has 6 nitrogen and oxygen atoms in total. The van der Waals surface area contributed by atoms with Crippen LogP contribution >= 0.6 is 0 Å². The Bertz CT molecular complexity index is 623. The van der Waals surface area contributed by atoms with Crippen LogP contribution < -0.4 is 5.32 Å². The fraction of sp³-hybridized carbons (Fsp3) is 0.385. The van der Waals surface area contributed by atoms with Crippen molar-refractivity contribution < 1.29 is 18.0 Å². The maximum atomic E-state index is 12.1. The minimum absolute atomic E-state index is 0.0356. The van der Waals surface area contributed by atoms with E-state index in [1.165, 1.54) is 17.0 Å². The number of benzene rings is 1. The summed E-state index contributed by atoms with van der Waals surface area (Å²) in [5, 5.41) is 2.50. The molecule has 1 atom stereocenters. The molecule has 1 aromatic rings. The van der Waals surface area contributed by atoms with Crippen molar-refractivity contribution in [3.63, 3.8) is 0 Å². The third-order valence-corrected chi connectivity index (χ3v) is 3.84. The highest BCUT2D eigenvalue weighted by molar-refractivity contribution is 7.90. The average Bonchev–Trinajstić information content (AvgIpc) is 2.36. The zero-order chi connectivity index (χ0) is 15.5. The maximum Gasteiger partial charge on any atom is 0.253 e. The van der Waals surface area contributed by atoms with E-state index in [1.807, 2.05) is 0 Å². The summed E-state index contributed by atoms with van der Waals surface area (Å²) in [6.07, 6.45) is 1.04. The van der Waals surface area contributed by atoms with Crippen molar-refractivity contribution in [1.82, 2.24) is 10.2 Å². The fourth-order valence-electron chi connectivity index (χ4n) is 1.70. The summed E-state index contributed by atoms with van der Waals surface area (Å²) < 4.78 is 23.3. The van der Waals surface area contributed by atoms with Gasteiger partial charge in [-0.05, 0) is 19.1 Å². The second-order valence-corrected chi connectivity index (χ2v) is 6.68. The highest BCUT2D eigenvalue weighted by Crippen LogP contribution is 2.15. The Morgan fingerprint density at radius 1 is 1.20 bits per heavy atom. The van der Waals surface area contributed by atoms with Crippen LogP contribution in [0.3, 0.4) is 0 Å². The summed E-state index contributed by atoms with van der Waals surface area (Å²) in [6, 6.07) is 5.16. The van der Waals surface area contributed by atoms with Crippen LogP contribution in [0.5, 0.6) is 0 Å². The van der Waals surface area contributed by atoms with Gasteiger partial charge in [0.1, 0.15) is 6.04 Å². The molecule has 0 aliphatic heterocycles. The van der Waals surface area contributed by atoms with Gasteiger partial charge in [-0.25, -0.2) is 8.42 Å². The summed E-state index contributed by atoms with van der Waals surface area (Å²) in [5.41, 5.74) is 0.0356. The largest absolute Gasteiger partial charge is 0.347 e. The number of hydrogen-bond acceptors (Lipinski definition) is 4. The minimum atomic E-state index is -3.51.